The second kappa shape index (κ2) is 7.22. The summed E-state index contributed by atoms with van der Waals surface area (Å²) in [5, 5.41) is 0.399. The van der Waals surface area contributed by atoms with Crippen molar-refractivity contribution in [2.45, 2.75) is 25.1 Å². The van der Waals surface area contributed by atoms with Gasteiger partial charge in [-0.05, 0) is 24.1 Å². The second-order valence-electron chi connectivity index (χ2n) is 4.36. The fraction of sp³-hybridized carbons (Fsp3) is 0.500. The summed E-state index contributed by atoms with van der Waals surface area (Å²) in [6, 6.07) is 4.47. The summed E-state index contributed by atoms with van der Waals surface area (Å²) in [5.41, 5.74) is 7.16. The fourth-order valence-electron chi connectivity index (χ4n) is 1.57. The molecule has 1 rings (SSSR count). The van der Waals surface area contributed by atoms with Crippen molar-refractivity contribution in [1.82, 2.24) is 0 Å². The van der Waals surface area contributed by atoms with E-state index < -0.39 is 18.6 Å². The maximum atomic E-state index is 12.1. The quantitative estimate of drug-likeness (QED) is 0.903. The number of nitrogens with zero attached hydrogens (tertiary/aromatic N) is 1. The first kappa shape index (κ1) is 18.4. The number of hydrogen-bond donors (Lipinski definition) is 1. The molecule has 0 unspecified atom stereocenters. The van der Waals surface area contributed by atoms with E-state index in [0.29, 0.717) is 10.6 Å². The summed E-state index contributed by atoms with van der Waals surface area (Å²) in [6.45, 7) is 0. The lowest BCUT2D eigenvalue weighted by Gasteiger charge is -2.18. The monoisotopic (exact) mass is 316 g/mol. The molecular formula is C12H17Cl2F3N2. The van der Waals surface area contributed by atoms with Crippen LogP contribution in [0.3, 0.4) is 0 Å². The highest BCUT2D eigenvalue weighted by molar-refractivity contribution is 6.31. The molecule has 1 aromatic carbocycles. The number of hydrogen-bond acceptors (Lipinski definition) is 2. The van der Waals surface area contributed by atoms with Gasteiger partial charge < -0.3 is 10.6 Å². The number of alkyl halides is 3. The maximum Gasteiger partial charge on any atom is 0.389 e. The van der Waals surface area contributed by atoms with E-state index in [-0.39, 0.29) is 18.8 Å². The molecule has 1 atom stereocenters. The Morgan fingerprint density at radius 2 is 1.89 bits per heavy atom. The van der Waals surface area contributed by atoms with Gasteiger partial charge in [-0.1, -0.05) is 17.7 Å². The zero-order chi connectivity index (χ0) is 13.9. The molecule has 0 fully saturated rings. The van der Waals surface area contributed by atoms with Crippen molar-refractivity contribution in [2.24, 2.45) is 5.73 Å². The molecule has 2 nitrogen and oxygen atoms in total. The first-order chi connectivity index (χ1) is 8.20. The third-order valence-corrected chi connectivity index (χ3v) is 2.97. The molecule has 0 radical (unpaired) electrons. The Morgan fingerprint density at radius 1 is 1.32 bits per heavy atom. The largest absolute Gasteiger partial charge is 0.389 e. The van der Waals surface area contributed by atoms with Crippen molar-refractivity contribution in [2.75, 3.05) is 19.0 Å². The van der Waals surface area contributed by atoms with Crippen molar-refractivity contribution in [3.8, 4) is 0 Å². The molecule has 0 aliphatic carbocycles. The SMILES string of the molecule is CN(C)c1ccc([C@H](N)CCC(F)(F)F)c(Cl)c1.Cl. The highest BCUT2D eigenvalue weighted by atomic mass is 35.5. The predicted molar refractivity (Wildman–Crippen MR) is 75.2 cm³/mol. The fourth-order valence-corrected chi connectivity index (χ4v) is 1.88. The van der Waals surface area contributed by atoms with Crippen LogP contribution in [0.1, 0.15) is 24.4 Å². The molecule has 2 N–H and O–H groups in total. The van der Waals surface area contributed by atoms with E-state index in [0.717, 1.165) is 5.69 Å². The third kappa shape index (κ3) is 5.89. The number of nitrogens with two attached hydrogens (primary N) is 1. The molecule has 0 heterocycles. The van der Waals surface area contributed by atoms with E-state index in [1.807, 2.05) is 19.0 Å². The molecule has 0 saturated carbocycles. The average molecular weight is 317 g/mol. The average Bonchev–Trinajstić information content (AvgIpc) is 2.24. The van der Waals surface area contributed by atoms with Gasteiger partial charge in [0.2, 0.25) is 0 Å². The summed E-state index contributed by atoms with van der Waals surface area (Å²) in [6.07, 6.45) is -5.25. The summed E-state index contributed by atoms with van der Waals surface area (Å²) in [5.74, 6) is 0. The van der Waals surface area contributed by atoms with Gasteiger partial charge in [-0.25, -0.2) is 0 Å². The zero-order valence-corrected chi connectivity index (χ0v) is 12.2. The summed E-state index contributed by atoms with van der Waals surface area (Å²) in [4.78, 5) is 1.86. The van der Waals surface area contributed by atoms with Crippen LogP contribution in [-0.4, -0.2) is 20.3 Å². The molecule has 7 heteroatoms. The van der Waals surface area contributed by atoms with Gasteiger partial charge in [0.15, 0.2) is 0 Å². The van der Waals surface area contributed by atoms with Gasteiger partial charge in [-0.3, -0.25) is 0 Å². The number of benzene rings is 1. The predicted octanol–water partition coefficient (Wildman–Crippen LogP) is 4.17. The third-order valence-electron chi connectivity index (χ3n) is 2.64. The van der Waals surface area contributed by atoms with Crippen molar-refractivity contribution < 1.29 is 13.2 Å². The lowest BCUT2D eigenvalue weighted by Crippen LogP contribution is -2.16. The van der Waals surface area contributed by atoms with Gasteiger partial charge in [-0.2, -0.15) is 13.2 Å². The van der Waals surface area contributed by atoms with Crippen LogP contribution in [0, 0.1) is 0 Å². The first-order valence-electron chi connectivity index (χ1n) is 5.50. The molecule has 0 aliphatic rings. The van der Waals surface area contributed by atoms with Crippen molar-refractivity contribution >= 4 is 29.7 Å². The van der Waals surface area contributed by atoms with E-state index in [4.69, 9.17) is 17.3 Å². The maximum absolute atomic E-state index is 12.1. The minimum atomic E-state index is -4.19. The Morgan fingerprint density at radius 3 is 2.32 bits per heavy atom. The Labute approximate surface area is 122 Å². The molecule has 0 bridgehead atoms. The van der Waals surface area contributed by atoms with Crippen LogP contribution in [0.2, 0.25) is 5.02 Å². The van der Waals surface area contributed by atoms with Crippen LogP contribution < -0.4 is 10.6 Å². The smallest absolute Gasteiger partial charge is 0.378 e. The van der Waals surface area contributed by atoms with Gasteiger partial charge in [0.25, 0.3) is 0 Å². The Bertz CT molecular complexity index is 408. The minimum absolute atomic E-state index is 0. The molecule has 1 aromatic rings. The number of anilines is 1. The Hall–Kier alpha value is -0.650. The van der Waals surface area contributed by atoms with Crippen LogP contribution in [-0.2, 0) is 0 Å². The van der Waals surface area contributed by atoms with Crippen molar-refractivity contribution in [1.29, 1.82) is 0 Å². The van der Waals surface area contributed by atoms with Crippen molar-refractivity contribution in [3.63, 3.8) is 0 Å². The van der Waals surface area contributed by atoms with Crippen LogP contribution >= 0.6 is 24.0 Å². The van der Waals surface area contributed by atoms with Crippen LogP contribution in [0.25, 0.3) is 0 Å². The number of halogens is 5. The molecule has 0 amide bonds. The van der Waals surface area contributed by atoms with Crippen LogP contribution in [0.5, 0.6) is 0 Å². The molecule has 0 spiro atoms. The Kier molecular flexibility index (Phi) is 6.97. The van der Waals surface area contributed by atoms with E-state index in [1.54, 1.807) is 18.2 Å². The van der Waals surface area contributed by atoms with Gasteiger partial charge in [0.05, 0.1) is 0 Å². The van der Waals surface area contributed by atoms with E-state index in [2.05, 4.69) is 0 Å². The summed E-state index contributed by atoms with van der Waals surface area (Å²) < 4.78 is 36.3. The van der Waals surface area contributed by atoms with E-state index in [1.165, 1.54) is 0 Å². The van der Waals surface area contributed by atoms with Crippen molar-refractivity contribution in [3.05, 3.63) is 28.8 Å². The van der Waals surface area contributed by atoms with Gasteiger partial charge in [-0.15, -0.1) is 12.4 Å². The lowest BCUT2D eigenvalue weighted by molar-refractivity contribution is -0.136. The first-order valence-corrected chi connectivity index (χ1v) is 5.87. The molecule has 0 aromatic heterocycles. The van der Waals surface area contributed by atoms with Crippen LogP contribution in [0.15, 0.2) is 18.2 Å². The topological polar surface area (TPSA) is 29.3 Å². The highest BCUT2D eigenvalue weighted by Gasteiger charge is 2.28. The van der Waals surface area contributed by atoms with Gasteiger partial charge in [0.1, 0.15) is 0 Å². The second-order valence-corrected chi connectivity index (χ2v) is 4.77. The minimum Gasteiger partial charge on any atom is -0.378 e. The Balaban J connectivity index is 0.00000324. The molecule has 0 saturated heterocycles. The standard InChI is InChI=1S/C12H16ClF3N2.ClH/c1-18(2)8-3-4-9(10(13)7-8)11(17)5-6-12(14,15)16;/h3-4,7,11H,5-6,17H2,1-2H3;1H/t11-;/m1./s1. The normalized spacial score (nSPS) is 12.8. The van der Waals surface area contributed by atoms with E-state index in [9.17, 15) is 13.2 Å². The lowest BCUT2D eigenvalue weighted by atomic mass is 10.0. The van der Waals surface area contributed by atoms with Gasteiger partial charge >= 0.3 is 6.18 Å². The molecule has 0 aliphatic heterocycles. The molecule has 110 valence electrons. The number of rotatable bonds is 4. The molecular weight excluding hydrogens is 300 g/mol. The van der Waals surface area contributed by atoms with Gasteiger partial charge in [0, 0.05) is 37.3 Å². The molecule has 19 heavy (non-hydrogen) atoms. The highest BCUT2D eigenvalue weighted by Crippen LogP contribution is 2.31. The zero-order valence-electron chi connectivity index (χ0n) is 10.7. The summed E-state index contributed by atoms with van der Waals surface area (Å²) in [7, 11) is 3.71. The van der Waals surface area contributed by atoms with Crippen LogP contribution in [0.4, 0.5) is 18.9 Å². The van der Waals surface area contributed by atoms with E-state index >= 15 is 0 Å². The summed E-state index contributed by atoms with van der Waals surface area (Å²) >= 11 is 6.03.